The van der Waals surface area contributed by atoms with Gasteiger partial charge in [0.15, 0.2) is 6.29 Å². The standard InChI is InChI=1S/C30H46O9/c1-15-24(33)26(36-4)25(34)27(38-15)39-18-7-9-28(2)17(12-18)5-6-20-19(28)8-10-29(3)23(16-11-22(32)37-14-16)21(31)13-30(20,29)35/h11,15,17-21,23-27,31,33-35H,5-10,12-14H2,1-4H3/t15-,17+,18+,19-,20+,21+,23+,24+,25-,26+,27+,28+,29+,30-/m0/s1. The topological polar surface area (TPSA) is 135 Å². The summed E-state index contributed by atoms with van der Waals surface area (Å²) in [5, 5.41) is 44.7. The summed E-state index contributed by atoms with van der Waals surface area (Å²) in [7, 11) is 1.48. The number of aliphatic hydroxyl groups excluding tert-OH is 3. The van der Waals surface area contributed by atoms with E-state index < -0.39 is 47.8 Å². The van der Waals surface area contributed by atoms with Gasteiger partial charge in [0.05, 0.1) is 23.9 Å². The minimum Gasteiger partial charge on any atom is -0.458 e. The van der Waals surface area contributed by atoms with Crippen LogP contribution in [0.5, 0.6) is 0 Å². The van der Waals surface area contributed by atoms with E-state index in [0.29, 0.717) is 18.3 Å². The van der Waals surface area contributed by atoms with Crippen molar-refractivity contribution in [2.75, 3.05) is 13.7 Å². The molecule has 2 heterocycles. The number of rotatable bonds is 4. The van der Waals surface area contributed by atoms with E-state index in [9.17, 15) is 25.2 Å². The Bertz CT molecular complexity index is 1000. The van der Waals surface area contributed by atoms with Gasteiger partial charge in [0.2, 0.25) is 0 Å². The molecule has 1 saturated heterocycles. The molecule has 0 spiro atoms. The van der Waals surface area contributed by atoms with Crippen molar-refractivity contribution in [2.24, 2.45) is 34.5 Å². The first kappa shape index (κ1) is 28.1. The van der Waals surface area contributed by atoms with E-state index in [1.165, 1.54) is 13.2 Å². The zero-order valence-corrected chi connectivity index (χ0v) is 23.6. The van der Waals surface area contributed by atoms with Crippen molar-refractivity contribution in [1.29, 1.82) is 0 Å². The summed E-state index contributed by atoms with van der Waals surface area (Å²) in [6.45, 7) is 6.48. The van der Waals surface area contributed by atoms with Gasteiger partial charge in [-0.1, -0.05) is 13.8 Å². The number of esters is 1. The van der Waals surface area contributed by atoms with E-state index in [-0.39, 0.29) is 35.9 Å². The lowest BCUT2D eigenvalue weighted by atomic mass is 9.43. The normalized spacial score (nSPS) is 55.3. The molecule has 4 saturated carbocycles. The Morgan fingerprint density at radius 2 is 1.79 bits per heavy atom. The van der Waals surface area contributed by atoms with Gasteiger partial charge in [-0.25, -0.2) is 4.79 Å². The second kappa shape index (κ2) is 9.75. The first-order valence-electron chi connectivity index (χ1n) is 14.9. The summed E-state index contributed by atoms with van der Waals surface area (Å²) in [4.78, 5) is 11.8. The minimum absolute atomic E-state index is 0.0547. The van der Waals surface area contributed by atoms with Crippen molar-refractivity contribution < 1.29 is 44.2 Å². The maximum Gasteiger partial charge on any atom is 0.331 e. The van der Waals surface area contributed by atoms with Gasteiger partial charge in [-0.2, -0.15) is 0 Å². The highest BCUT2D eigenvalue weighted by atomic mass is 16.7. The zero-order valence-electron chi connectivity index (χ0n) is 23.6. The molecule has 0 bridgehead atoms. The number of hydrogen-bond acceptors (Lipinski definition) is 9. The molecule has 9 nitrogen and oxygen atoms in total. The fourth-order valence-electron chi connectivity index (χ4n) is 10.2. The van der Waals surface area contributed by atoms with Crippen LogP contribution >= 0.6 is 0 Å². The molecule has 4 N–H and O–H groups in total. The minimum atomic E-state index is -1.06. The van der Waals surface area contributed by atoms with Gasteiger partial charge in [-0.05, 0) is 80.6 Å². The smallest absolute Gasteiger partial charge is 0.331 e. The van der Waals surface area contributed by atoms with Crippen LogP contribution < -0.4 is 0 Å². The van der Waals surface area contributed by atoms with Crippen LogP contribution in [-0.2, 0) is 23.7 Å². The lowest BCUT2D eigenvalue weighted by molar-refractivity contribution is -0.313. The summed E-state index contributed by atoms with van der Waals surface area (Å²) in [5.41, 5.74) is -0.601. The van der Waals surface area contributed by atoms with Crippen LogP contribution in [0.15, 0.2) is 11.6 Å². The third-order valence-electron chi connectivity index (χ3n) is 12.3. The number of carbonyl (C=O) groups is 1. The second-order valence-electron chi connectivity index (χ2n) is 13.9. The van der Waals surface area contributed by atoms with Crippen molar-refractivity contribution in [2.45, 2.75) is 121 Å². The number of aliphatic hydroxyl groups is 4. The van der Waals surface area contributed by atoms with Gasteiger partial charge in [0.25, 0.3) is 0 Å². The molecule has 0 radical (unpaired) electrons. The highest BCUT2D eigenvalue weighted by molar-refractivity contribution is 5.85. The molecule has 14 atom stereocenters. The first-order valence-corrected chi connectivity index (χ1v) is 14.9. The summed E-state index contributed by atoms with van der Waals surface area (Å²) in [6.07, 6.45) is 3.40. The largest absolute Gasteiger partial charge is 0.458 e. The lowest BCUT2D eigenvalue weighted by Gasteiger charge is -2.63. The van der Waals surface area contributed by atoms with Crippen molar-refractivity contribution >= 4 is 5.97 Å². The lowest BCUT2D eigenvalue weighted by Crippen LogP contribution is -2.62. The third-order valence-corrected chi connectivity index (χ3v) is 12.3. The van der Waals surface area contributed by atoms with Crippen LogP contribution in [-0.4, -0.2) is 88.6 Å². The highest BCUT2D eigenvalue weighted by Gasteiger charge is 2.70. The molecule has 0 aromatic rings. The van der Waals surface area contributed by atoms with Crippen LogP contribution in [0, 0.1) is 34.5 Å². The molecule has 6 aliphatic rings. The highest BCUT2D eigenvalue weighted by Crippen LogP contribution is 2.70. The Kier molecular flexibility index (Phi) is 7.02. The molecule has 6 rings (SSSR count). The summed E-state index contributed by atoms with van der Waals surface area (Å²) in [6, 6.07) is 0. The molecule has 4 aliphatic carbocycles. The van der Waals surface area contributed by atoms with E-state index in [0.717, 1.165) is 50.5 Å². The van der Waals surface area contributed by atoms with Crippen molar-refractivity contribution in [3.63, 3.8) is 0 Å². The van der Waals surface area contributed by atoms with Gasteiger partial charge >= 0.3 is 5.97 Å². The molecule has 0 aromatic heterocycles. The van der Waals surface area contributed by atoms with Gasteiger partial charge in [0, 0.05) is 30.9 Å². The van der Waals surface area contributed by atoms with Crippen LogP contribution in [0.2, 0.25) is 0 Å². The van der Waals surface area contributed by atoms with Gasteiger partial charge in [0.1, 0.15) is 24.9 Å². The van der Waals surface area contributed by atoms with Crippen LogP contribution in [0.1, 0.15) is 72.1 Å². The molecular formula is C30H46O9. The summed E-state index contributed by atoms with van der Waals surface area (Å²) in [5.74, 6) is 0.260. The predicted octanol–water partition coefficient (Wildman–Crippen LogP) is 2.08. The Morgan fingerprint density at radius 1 is 1.03 bits per heavy atom. The fourth-order valence-corrected chi connectivity index (χ4v) is 10.2. The average molecular weight is 551 g/mol. The first-order chi connectivity index (χ1) is 18.4. The van der Waals surface area contributed by atoms with E-state index in [1.807, 2.05) is 0 Å². The van der Waals surface area contributed by atoms with Gasteiger partial charge in [-0.3, -0.25) is 0 Å². The molecule has 220 valence electrons. The molecular weight excluding hydrogens is 504 g/mol. The number of cyclic esters (lactones) is 1. The number of carbonyl (C=O) groups excluding carboxylic acids is 1. The number of fused-ring (bicyclic) bond motifs is 5. The number of ether oxygens (including phenoxy) is 4. The molecule has 9 heteroatoms. The Labute approximate surface area is 230 Å². The molecule has 0 aromatic carbocycles. The number of hydrogen-bond donors (Lipinski definition) is 4. The van der Waals surface area contributed by atoms with Crippen molar-refractivity contribution in [3.05, 3.63) is 11.6 Å². The Morgan fingerprint density at radius 3 is 2.49 bits per heavy atom. The van der Waals surface area contributed by atoms with Crippen LogP contribution in [0.4, 0.5) is 0 Å². The van der Waals surface area contributed by atoms with Crippen LogP contribution in [0.3, 0.4) is 0 Å². The van der Waals surface area contributed by atoms with Crippen molar-refractivity contribution in [1.82, 2.24) is 0 Å². The molecule has 0 unspecified atom stereocenters. The van der Waals surface area contributed by atoms with E-state index >= 15 is 0 Å². The SMILES string of the molecule is CO[C@H]1[C@H](O)[C@@H](O[C@@H]2CC[C@]3(C)[C@H](CC[C@@H]4[C@@H]3CC[C@]3(C)[C@H](C5=CC(=O)OC5)[C@H](O)C[C@]43O)C2)O[C@@H](C)[C@H]1O. The van der Waals surface area contributed by atoms with E-state index in [4.69, 9.17) is 18.9 Å². The van der Waals surface area contributed by atoms with Gasteiger partial charge < -0.3 is 39.4 Å². The Hall–Kier alpha value is -1.07. The number of methoxy groups -OCH3 is 1. The molecule has 5 fully saturated rings. The predicted molar refractivity (Wildman–Crippen MR) is 139 cm³/mol. The monoisotopic (exact) mass is 550 g/mol. The quantitative estimate of drug-likeness (QED) is 0.307. The van der Waals surface area contributed by atoms with Crippen molar-refractivity contribution in [3.8, 4) is 0 Å². The molecule has 2 aliphatic heterocycles. The maximum absolute atomic E-state index is 12.4. The average Bonchev–Trinajstić information content (AvgIpc) is 3.39. The fraction of sp³-hybridized carbons (Fsp3) is 0.900. The zero-order chi connectivity index (χ0) is 27.9. The van der Waals surface area contributed by atoms with Crippen LogP contribution in [0.25, 0.3) is 0 Å². The van der Waals surface area contributed by atoms with E-state index in [1.54, 1.807) is 6.92 Å². The molecule has 39 heavy (non-hydrogen) atoms. The second-order valence-corrected chi connectivity index (χ2v) is 13.9. The van der Waals surface area contributed by atoms with Gasteiger partial charge in [-0.15, -0.1) is 0 Å². The third kappa shape index (κ3) is 4.09. The molecule has 0 amide bonds. The maximum atomic E-state index is 12.4. The Balaban J connectivity index is 1.17. The summed E-state index contributed by atoms with van der Waals surface area (Å²) < 4.78 is 22.7. The van der Waals surface area contributed by atoms with E-state index in [2.05, 4.69) is 13.8 Å². The summed E-state index contributed by atoms with van der Waals surface area (Å²) >= 11 is 0.